The maximum atomic E-state index is 12.9. The zero-order valence-electron chi connectivity index (χ0n) is 17.8. The van der Waals surface area contributed by atoms with Crippen LogP contribution in [0.5, 0.6) is 0 Å². The number of aliphatic hydroxyl groups is 1. The Balaban J connectivity index is 2.58. The van der Waals surface area contributed by atoms with Crippen LogP contribution in [0, 0.1) is 5.92 Å². The summed E-state index contributed by atoms with van der Waals surface area (Å²) in [7, 11) is 0. The lowest BCUT2D eigenvalue weighted by atomic mass is 9.94. The Bertz CT molecular complexity index is 572. The molecule has 1 rings (SSSR count). The molecule has 1 aliphatic carbocycles. The number of carbonyl (C=O) groups excluding carboxylic acids is 3. The number of ether oxygens (including phenoxy) is 2. The molecular weight excluding hydrogens is 388 g/mol. The first-order valence-corrected chi connectivity index (χ1v) is 10.6. The Kier molecular flexibility index (Phi) is 12.7. The summed E-state index contributed by atoms with van der Waals surface area (Å²) < 4.78 is 10.5. The highest BCUT2D eigenvalue weighted by Crippen LogP contribution is 2.31. The molecule has 0 aromatic rings. The molecule has 1 aliphatic rings. The number of amides is 2. The highest BCUT2D eigenvalue weighted by Gasteiger charge is 2.38. The van der Waals surface area contributed by atoms with Gasteiger partial charge in [-0.05, 0) is 25.7 Å². The Hall–Kier alpha value is -2.19. The van der Waals surface area contributed by atoms with Crippen molar-refractivity contribution in [3.63, 3.8) is 0 Å². The lowest BCUT2D eigenvalue weighted by molar-refractivity contribution is -0.147. The number of rotatable bonds is 16. The third-order valence-electron chi connectivity index (χ3n) is 5.07. The fraction of sp³-hybridized carbons (Fsp3) is 0.682. The SMILES string of the molecule is C=CCCC(=O)OCC1(NC(=O)[C@@H](CC=C)CC(=O)NCCOCCO)CCCC1. The van der Waals surface area contributed by atoms with E-state index < -0.39 is 11.5 Å². The molecule has 0 saturated heterocycles. The van der Waals surface area contributed by atoms with Gasteiger partial charge in [0.1, 0.15) is 6.61 Å². The summed E-state index contributed by atoms with van der Waals surface area (Å²) >= 11 is 0. The number of esters is 1. The summed E-state index contributed by atoms with van der Waals surface area (Å²) in [5.74, 6) is -1.33. The molecule has 8 heteroatoms. The second-order valence-electron chi connectivity index (χ2n) is 7.58. The van der Waals surface area contributed by atoms with E-state index in [0.29, 0.717) is 26.0 Å². The van der Waals surface area contributed by atoms with E-state index in [1.54, 1.807) is 12.2 Å². The molecule has 0 aromatic heterocycles. The highest BCUT2D eigenvalue weighted by molar-refractivity contribution is 5.86. The van der Waals surface area contributed by atoms with Gasteiger partial charge in [0.15, 0.2) is 0 Å². The van der Waals surface area contributed by atoms with Crippen LogP contribution in [-0.2, 0) is 23.9 Å². The quantitative estimate of drug-likeness (QED) is 0.197. The highest BCUT2D eigenvalue weighted by atomic mass is 16.5. The van der Waals surface area contributed by atoms with Gasteiger partial charge in [-0.25, -0.2) is 0 Å². The average Bonchev–Trinajstić information content (AvgIpc) is 3.18. The molecule has 1 atom stereocenters. The molecule has 0 radical (unpaired) electrons. The molecule has 8 nitrogen and oxygen atoms in total. The monoisotopic (exact) mass is 424 g/mol. The number of allylic oxidation sites excluding steroid dienone is 2. The zero-order chi connectivity index (χ0) is 22.2. The van der Waals surface area contributed by atoms with Crippen LogP contribution in [-0.4, -0.2) is 61.4 Å². The van der Waals surface area contributed by atoms with E-state index in [-0.39, 0.29) is 50.4 Å². The van der Waals surface area contributed by atoms with Crippen LogP contribution < -0.4 is 10.6 Å². The lowest BCUT2D eigenvalue weighted by Gasteiger charge is -2.31. The smallest absolute Gasteiger partial charge is 0.306 e. The van der Waals surface area contributed by atoms with Gasteiger partial charge in [0.25, 0.3) is 0 Å². The van der Waals surface area contributed by atoms with E-state index in [1.807, 2.05) is 0 Å². The molecule has 0 unspecified atom stereocenters. The van der Waals surface area contributed by atoms with Crippen molar-refractivity contribution in [3.8, 4) is 0 Å². The molecule has 1 fully saturated rings. The molecule has 0 heterocycles. The van der Waals surface area contributed by atoms with Crippen LogP contribution in [0.4, 0.5) is 0 Å². The molecule has 2 amide bonds. The van der Waals surface area contributed by atoms with Gasteiger partial charge in [0, 0.05) is 19.4 Å². The third kappa shape index (κ3) is 10.0. The molecule has 3 N–H and O–H groups in total. The first-order valence-electron chi connectivity index (χ1n) is 10.6. The van der Waals surface area contributed by atoms with E-state index >= 15 is 0 Å². The van der Waals surface area contributed by atoms with Crippen LogP contribution in [0.15, 0.2) is 25.3 Å². The third-order valence-corrected chi connectivity index (χ3v) is 5.07. The molecule has 30 heavy (non-hydrogen) atoms. The topological polar surface area (TPSA) is 114 Å². The molecule has 1 saturated carbocycles. The van der Waals surface area contributed by atoms with Crippen molar-refractivity contribution in [1.82, 2.24) is 10.6 Å². The van der Waals surface area contributed by atoms with Gasteiger partial charge in [-0.1, -0.05) is 25.0 Å². The van der Waals surface area contributed by atoms with Crippen molar-refractivity contribution >= 4 is 17.8 Å². The van der Waals surface area contributed by atoms with Crippen molar-refractivity contribution in [2.75, 3.05) is 33.0 Å². The van der Waals surface area contributed by atoms with Gasteiger partial charge < -0.3 is 25.2 Å². The number of hydrogen-bond acceptors (Lipinski definition) is 6. The predicted molar refractivity (Wildman–Crippen MR) is 114 cm³/mol. The minimum Gasteiger partial charge on any atom is -0.463 e. The predicted octanol–water partition coefficient (Wildman–Crippen LogP) is 1.63. The van der Waals surface area contributed by atoms with Crippen LogP contribution in [0.1, 0.15) is 51.4 Å². The van der Waals surface area contributed by atoms with Gasteiger partial charge in [-0.15, -0.1) is 13.2 Å². The van der Waals surface area contributed by atoms with Crippen LogP contribution in [0.3, 0.4) is 0 Å². The van der Waals surface area contributed by atoms with Gasteiger partial charge in [-0.3, -0.25) is 14.4 Å². The number of hydrogen-bond donors (Lipinski definition) is 3. The lowest BCUT2D eigenvalue weighted by Crippen LogP contribution is -2.52. The molecule has 0 aromatic carbocycles. The summed E-state index contributed by atoms with van der Waals surface area (Å²) in [5, 5.41) is 14.4. The summed E-state index contributed by atoms with van der Waals surface area (Å²) in [6, 6.07) is 0. The fourth-order valence-corrected chi connectivity index (χ4v) is 3.44. The van der Waals surface area contributed by atoms with E-state index in [0.717, 1.165) is 25.7 Å². The normalized spacial score (nSPS) is 15.8. The Morgan fingerprint density at radius 2 is 1.87 bits per heavy atom. The Morgan fingerprint density at radius 3 is 2.50 bits per heavy atom. The number of aliphatic hydroxyl groups excluding tert-OH is 1. The Morgan fingerprint density at radius 1 is 1.13 bits per heavy atom. The van der Waals surface area contributed by atoms with Crippen molar-refractivity contribution in [1.29, 1.82) is 0 Å². The molecule has 0 bridgehead atoms. The van der Waals surface area contributed by atoms with Gasteiger partial charge in [0.2, 0.25) is 11.8 Å². The van der Waals surface area contributed by atoms with Crippen LogP contribution >= 0.6 is 0 Å². The fourth-order valence-electron chi connectivity index (χ4n) is 3.44. The maximum Gasteiger partial charge on any atom is 0.306 e. The second kappa shape index (κ2) is 14.7. The second-order valence-corrected chi connectivity index (χ2v) is 7.58. The van der Waals surface area contributed by atoms with E-state index in [2.05, 4.69) is 23.8 Å². The Labute approximate surface area is 179 Å². The van der Waals surface area contributed by atoms with Gasteiger partial charge in [-0.2, -0.15) is 0 Å². The molecule has 0 spiro atoms. The maximum absolute atomic E-state index is 12.9. The van der Waals surface area contributed by atoms with Gasteiger partial charge in [0.05, 0.1) is 31.3 Å². The van der Waals surface area contributed by atoms with Crippen LogP contribution in [0.2, 0.25) is 0 Å². The van der Waals surface area contributed by atoms with Crippen molar-refractivity contribution in [3.05, 3.63) is 25.3 Å². The van der Waals surface area contributed by atoms with Gasteiger partial charge >= 0.3 is 5.97 Å². The molecular formula is C22H36N2O6. The summed E-state index contributed by atoms with van der Waals surface area (Å²) in [6.07, 6.45) is 7.90. The average molecular weight is 425 g/mol. The molecule has 0 aliphatic heterocycles. The largest absolute Gasteiger partial charge is 0.463 e. The van der Waals surface area contributed by atoms with Crippen molar-refractivity contribution < 1.29 is 29.0 Å². The summed E-state index contributed by atoms with van der Waals surface area (Å²) in [5.41, 5.74) is -0.574. The zero-order valence-corrected chi connectivity index (χ0v) is 17.8. The standard InChI is InChI=1S/C22H36N2O6/c1-3-5-9-20(27)30-17-22(10-6-7-11-22)24-21(28)18(8-4-2)16-19(26)23-12-14-29-15-13-25/h3-4,18,25H,1-2,5-17H2,(H,23,26)(H,24,28)/t18-/m0/s1. The molecule has 170 valence electrons. The summed E-state index contributed by atoms with van der Waals surface area (Å²) in [6.45, 7) is 8.19. The van der Waals surface area contributed by atoms with E-state index in [1.165, 1.54) is 0 Å². The first-order chi connectivity index (χ1) is 14.5. The van der Waals surface area contributed by atoms with E-state index in [9.17, 15) is 14.4 Å². The van der Waals surface area contributed by atoms with Crippen molar-refractivity contribution in [2.24, 2.45) is 5.92 Å². The minimum absolute atomic E-state index is 0.0348. The first kappa shape index (κ1) is 25.8. The number of nitrogens with one attached hydrogen (secondary N) is 2. The van der Waals surface area contributed by atoms with Crippen molar-refractivity contribution in [2.45, 2.75) is 56.9 Å². The summed E-state index contributed by atoms with van der Waals surface area (Å²) in [4.78, 5) is 37.0. The minimum atomic E-state index is -0.574. The van der Waals surface area contributed by atoms with Crippen LogP contribution in [0.25, 0.3) is 0 Å². The van der Waals surface area contributed by atoms with E-state index in [4.69, 9.17) is 14.6 Å². The number of carbonyl (C=O) groups is 3.